The third-order valence-corrected chi connectivity index (χ3v) is 9.00. The van der Waals surface area contributed by atoms with Crippen molar-refractivity contribution < 1.29 is 22.0 Å². The van der Waals surface area contributed by atoms with Crippen molar-refractivity contribution in [2.45, 2.75) is 56.1 Å². The topological polar surface area (TPSA) is 69.7 Å². The number of hydrogen-bond acceptors (Lipinski definition) is 3. The van der Waals surface area contributed by atoms with Crippen LogP contribution in [0.15, 0.2) is 42.5 Å². The number of nitrogens with zero attached hydrogens (tertiary/aromatic N) is 2. The van der Waals surface area contributed by atoms with E-state index in [1.165, 1.54) is 4.90 Å². The van der Waals surface area contributed by atoms with Crippen LogP contribution in [0.4, 0.5) is 13.6 Å². The maximum absolute atomic E-state index is 15.7. The lowest BCUT2D eigenvalue weighted by molar-refractivity contribution is 0.119. The smallest absolute Gasteiger partial charge is 0.320 e. The SMILES string of the molecule is Cc1cccc(-c2cccc(C[C@H]3[C@@H](NS(=O)(=O)C4CC4)[C@@H](F)CN3C(=O)N3CCC3)c2F)c1. The maximum Gasteiger partial charge on any atom is 0.320 e. The summed E-state index contributed by atoms with van der Waals surface area (Å²) in [6.45, 7) is 2.90. The lowest BCUT2D eigenvalue weighted by Crippen LogP contribution is -2.55. The van der Waals surface area contributed by atoms with E-state index in [1.54, 1.807) is 23.1 Å². The van der Waals surface area contributed by atoms with Crippen molar-refractivity contribution in [2.24, 2.45) is 0 Å². The van der Waals surface area contributed by atoms with Crippen molar-refractivity contribution in [3.05, 3.63) is 59.4 Å². The van der Waals surface area contributed by atoms with Crippen LogP contribution in [-0.2, 0) is 16.4 Å². The Bertz CT molecular complexity index is 1200. The van der Waals surface area contributed by atoms with E-state index in [2.05, 4.69) is 4.72 Å². The number of carbonyl (C=O) groups is 1. The number of aryl methyl sites for hydroxylation is 1. The summed E-state index contributed by atoms with van der Waals surface area (Å²) in [5.41, 5.74) is 2.48. The van der Waals surface area contributed by atoms with Gasteiger partial charge in [0.05, 0.1) is 23.9 Å². The summed E-state index contributed by atoms with van der Waals surface area (Å²) in [7, 11) is -3.69. The van der Waals surface area contributed by atoms with E-state index >= 15 is 8.78 Å². The molecular formula is C25H29F2N3O3S. The first kappa shape index (κ1) is 23.2. The Morgan fingerprint density at radius 1 is 1.15 bits per heavy atom. The number of rotatable bonds is 6. The Morgan fingerprint density at radius 2 is 1.88 bits per heavy atom. The standard InChI is InChI=1S/C25H29F2N3O3S/c1-16-5-2-6-17(13-16)20-8-3-7-18(23(20)27)14-22-24(28-34(32,33)19-9-10-19)21(26)15-30(22)25(31)29-11-4-12-29/h2-3,5-8,13,19,21-22,24,28H,4,9-12,14-15H2,1H3/t21-,22-,24-/m0/s1. The number of hydrogen-bond donors (Lipinski definition) is 1. The highest BCUT2D eigenvalue weighted by Gasteiger charge is 2.49. The molecule has 0 unspecified atom stereocenters. The fourth-order valence-corrected chi connectivity index (χ4v) is 6.47. The van der Waals surface area contributed by atoms with E-state index in [9.17, 15) is 13.2 Å². The molecule has 1 aliphatic carbocycles. The predicted octanol–water partition coefficient (Wildman–Crippen LogP) is 3.64. The van der Waals surface area contributed by atoms with Gasteiger partial charge in [0.1, 0.15) is 12.0 Å². The number of nitrogens with one attached hydrogen (secondary N) is 1. The normalized spacial score (nSPS) is 24.9. The average Bonchev–Trinajstić information content (AvgIpc) is 3.57. The Morgan fingerprint density at radius 3 is 2.53 bits per heavy atom. The highest BCUT2D eigenvalue weighted by atomic mass is 32.2. The molecule has 3 fully saturated rings. The first-order valence-corrected chi connectivity index (χ1v) is 13.3. The number of benzene rings is 2. The van der Waals surface area contributed by atoms with Gasteiger partial charge in [-0.3, -0.25) is 0 Å². The molecule has 1 saturated carbocycles. The second-order valence-electron chi connectivity index (χ2n) is 9.60. The first-order valence-electron chi connectivity index (χ1n) is 11.8. The van der Waals surface area contributed by atoms with Crippen molar-refractivity contribution in [1.82, 2.24) is 14.5 Å². The molecule has 9 heteroatoms. The van der Waals surface area contributed by atoms with Crippen molar-refractivity contribution in [2.75, 3.05) is 19.6 Å². The molecule has 2 heterocycles. The van der Waals surface area contributed by atoms with Crippen molar-refractivity contribution in [3.8, 4) is 11.1 Å². The van der Waals surface area contributed by atoms with Gasteiger partial charge in [-0.1, -0.05) is 48.0 Å². The molecule has 6 nitrogen and oxygen atoms in total. The van der Waals surface area contributed by atoms with Gasteiger partial charge in [-0.15, -0.1) is 0 Å². The third kappa shape index (κ3) is 4.43. The molecule has 0 bridgehead atoms. The van der Waals surface area contributed by atoms with E-state index in [-0.39, 0.29) is 19.0 Å². The number of alkyl halides is 1. The molecule has 2 aliphatic heterocycles. The van der Waals surface area contributed by atoms with Crippen molar-refractivity contribution in [1.29, 1.82) is 0 Å². The summed E-state index contributed by atoms with van der Waals surface area (Å²) in [5.74, 6) is -0.435. The lowest BCUT2D eigenvalue weighted by atomic mass is 9.95. The molecule has 0 radical (unpaired) electrons. The van der Waals surface area contributed by atoms with E-state index < -0.39 is 39.3 Å². The first-order chi connectivity index (χ1) is 16.2. The summed E-state index contributed by atoms with van der Waals surface area (Å²) in [5, 5.41) is -0.512. The fourth-order valence-electron chi connectivity index (χ4n) is 4.83. The number of amides is 2. The van der Waals surface area contributed by atoms with Crippen LogP contribution in [0.3, 0.4) is 0 Å². The molecule has 2 amide bonds. The van der Waals surface area contributed by atoms with Crippen LogP contribution < -0.4 is 4.72 Å². The molecule has 3 atom stereocenters. The molecule has 3 aliphatic rings. The Balaban J connectivity index is 1.47. The van der Waals surface area contributed by atoms with E-state index in [0.29, 0.717) is 37.1 Å². The number of likely N-dealkylation sites (tertiary alicyclic amines) is 2. The Labute approximate surface area is 199 Å². The van der Waals surface area contributed by atoms with E-state index in [4.69, 9.17) is 0 Å². The molecule has 0 aromatic heterocycles. The molecule has 2 aromatic rings. The highest BCUT2D eigenvalue weighted by Crippen LogP contribution is 2.33. The summed E-state index contributed by atoms with van der Waals surface area (Å²) in [4.78, 5) is 16.1. The van der Waals surface area contributed by atoms with Crippen molar-refractivity contribution in [3.63, 3.8) is 0 Å². The average molecular weight is 490 g/mol. The van der Waals surface area contributed by atoms with Gasteiger partial charge in [0.2, 0.25) is 10.0 Å². The lowest BCUT2D eigenvalue weighted by Gasteiger charge is -2.37. The monoisotopic (exact) mass is 489 g/mol. The number of halogens is 2. The van der Waals surface area contributed by atoms with E-state index in [1.807, 2.05) is 31.2 Å². The minimum Gasteiger partial charge on any atom is -0.325 e. The molecule has 182 valence electrons. The number of carbonyl (C=O) groups excluding carboxylic acids is 1. The van der Waals surface area contributed by atoms with Gasteiger partial charge < -0.3 is 9.80 Å². The van der Waals surface area contributed by atoms with Crippen LogP contribution in [0.2, 0.25) is 0 Å². The quantitative estimate of drug-likeness (QED) is 0.674. The summed E-state index contributed by atoms with van der Waals surface area (Å²) in [6, 6.07) is 10.3. The summed E-state index contributed by atoms with van der Waals surface area (Å²) < 4.78 is 58.7. The van der Waals surface area contributed by atoms with Crippen LogP contribution in [0, 0.1) is 12.7 Å². The zero-order valence-corrected chi connectivity index (χ0v) is 19.9. The van der Waals surface area contributed by atoms with E-state index in [0.717, 1.165) is 17.5 Å². The maximum atomic E-state index is 15.7. The molecule has 34 heavy (non-hydrogen) atoms. The van der Waals surface area contributed by atoms with Gasteiger partial charge in [0.25, 0.3) is 0 Å². The number of sulfonamides is 1. The van der Waals surface area contributed by atoms with Gasteiger partial charge in [0.15, 0.2) is 0 Å². The van der Waals surface area contributed by atoms with Crippen LogP contribution in [-0.4, -0.2) is 67.4 Å². The second kappa shape index (κ2) is 8.92. The molecule has 0 spiro atoms. The van der Waals surface area contributed by atoms with Crippen LogP contribution >= 0.6 is 0 Å². The zero-order valence-electron chi connectivity index (χ0n) is 19.1. The molecule has 5 rings (SSSR count). The minimum absolute atomic E-state index is 0.0172. The van der Waals surface area contributed by atoms with Gasteiger partial charge in [0, 0.05) is 18.7 Å². The van der Waals surface area contributed by atoms with Crippen LogP contribution in [0.1, 0.15) is 30.4 Å². The van der Waals surface area contributed by atoms with Crippen LogP contribution in [0.25, 0.3) is 11.1 Å². The largest absolute Gasteiger partial charge is 0.325 e. The number of urea groups is 1. The van der Waals surface area contributed by atoms with Gasteiger partial charge in [-0.2, -0.15) is 0 Å². The van der Waals surface area contributed by atoms with Gasteiger partial charge in [-0.25, -0.2) is 26.7 Å². The molecule has 1 N–H and O–H groups in total. The Kier molecular flexibility index (Phi) is 6.10. The molecular weight excluding hydrogens is 460 g/mol. The highest BCUT2D eigenvalue weighted by molar-refractivity contribution is 7.90. The third-order valence-electron chi connectivity index (χ3n) is 7.05. The Hall–Kier alpha value is -2.52. The predicted molar refractivity (Wildman–Crippen MR) is 126 cm³/mol. The van der Waals surface area contributed by atoms with Gasteiger partial charge in [-0.05, 0) is 43.7 Å². The minimum atomic E-state index is -3.69. The summed E-state index contributed by atoms with van der Waals surface area (Å²) in [6.07, 6.45) is 0.435. The molecule has 2 saturated heterocycles. The van der Waals surface area contributed by atoms with Crippen molar-refractivity contribution >= 4 is 16.1 Å². The zero-order chi connectivity index (χ0) is 24.0. The van der Waals surface area contributed by atoms with Crippen LogP contribution in [0.5, 0.6) is 0 Å². The van der Waals surface area contributed by atoms with Gasteiger partial charge >= 0.3 is 6.03 Å². The molecule has 2 aromatic carbocycles. The summed E-state index contributed by atoms with van der Waals surface area (Å²) >= 11 is 0. The fraction of sp³-hybridized carbons (Fsp3) is 0.480. The second-order valence-corrected chi connectivity index (χ2v) is 11.6.